The Kier molecular flexibility index (Phi) is 3.81. The molecular weight excluding hydrogens is 274 g/mol. The van der Waals surface area contributed by atoms with Gasteiger partial charge in [0.05, 0.1) is 0 Å². The van der Waals surface area contributed by atoms with Crippen molar-refractivity contribution in [3.8, 4) is 11.5 Å². The summed E-state index contributed by atoms with van der Waals surface area (Å²) in [5.74, 6) is 1.69. The van der Waals surface area contributed by atoms with Crippen LogP contribution in [0.5, 0.6) is 11.5 Å². The normalized spacial score (nSPS) is 20.3. The lowest BCUT2D eigenvalue weighted by Crippen LogP contribution is -2.33. The van der Waals surface area contributed by atoms with Gasteiger partial charge in [-0.05, 0) is 37.4 Å². The SMILES string of the molecule is CNCC1Oc2ccccc2C1Oc1ccc(Cl)cc1. The fourth-order valence-corrected chi connectivity index (χ4v) is 2.52. The third-order valence-electron chi connectivity index (χ3n) is 3.32. The molecule has 0 saturated heterocycles. The van der Waals surface area contributed by atoms with Crippen molar-refractivity contribution in [2.24, 2.45) is 0 Å². The Hall–Kier alpha value is -1.71. The van der Waals surface area contributed by atoms with Crippen molar-refractivity contribution in [1.82, 2.24) is 5.32 Å². The topological polar surface area (TPSA) is 30.5 Å². The van der Waals surface area contributed by atoms with Crippen molar-refractivity contribution in [3.63, 3.8) is 0 Å². The summed E-state index contributed by atoms with van der Waals surface area (Å²) in [6.07, 6.45) is -0.145. The van der Waals surface area contributed by atoms with Crippen LogP contribution in [0.4, 0.5) is 0 Å². The number of ether oxygens (including phenoxy) is 2. The van der Waals surface area contributed by atoms with Crippen molar-refractivity contribution in [1.29, 1.82) is 0 Å². The molecule has 0 fully saturated rings. The van der Waals surface area contributed by atoms with Crippen molar-refractivity contribution in [2.75, 3.05) is 13.6 Å². The molecule has 0 radical (unpaired) electrons. The molecule has 1 heterocycles. The minimum Gasteiger partial charge on any atom is -0.484 e. The molecule has 104 valence electrons. The molecule has 1 aliphatic rings. The van der Waals surface area contributed by atoms with E-state index in [1.165, 1.54) is 0 Å². The van der Waals surface area contributed by atoms with Gasteiger partial charge in [-0.15, -0.1) is 0 Å². The van der Waals surface area contributed by atoms with Crippen LogP contribution in [0.15, 0.2) is 48.5 Å². The van der Waals surface area contributed by atoms with Gasteiger partial charge in [0.15, 0.2) is 12.2 Å². The Morgan fingerprint density at radius 1 is 1.15 bits per heavy atom. The molecule has 2 aromatic rings. The maximum Gasteiger partial charge on any atom is 0.165 e. The van der Waals surface area contributed by atoms with Crippen LogP contribution in [-0.4, -0.2) is 19.7 Å². The van der Waals surface area contributed by atoms with E-state index in [1.807, 2.05) is 55.6 Å². The summed E-state index contributed by atoms with van der Waals surface area (Å²) < 4.78 is 12.0. The summed E-state index contributed by atoms with van der Waals surface area (Å²) >= 11 is 5.90. The number of hydrogen-bond donors (Lipinski definition) is 1. The van der Waals surface area contributed by atoms with Gasteiger partial charge in [0, 0.05) is 17.1 Å². The highest BCUT2D eigenvalue weighted by Crippen LogP contribution is 2.39. The predicted octanol–water partition coefficient (Wildman–Crippen LogP) is 3.44. The lowest BCUT2D eigenvalue weighted by molar-refractivity contribution is 0.0871. The molecule has 0 saturated carbocycles. The van der Waals surface area contributed by atoms with Gasteiger partial charge in [0.1, 0.15) is 11.5 Å². The van der Waals surface area contributed by atoms with E-state index in [1.54, 1.807) is 0 Å². The molecule has 4 heteroatoms. The fourth-order valence-electron chi connectivity index (χ4n) is 2.40. The van der Waals surface area contributed by atoms with Crippen LogP contribution in [0.2, 0.25) is 5.02 Å². The lowest BCUT2D eigenvalue weighted by Gasteiger charge is -2.20. The molecule has 2 aromatic carbocycles. The molecular formula is C16H16ClNO2. The van der Waals surface area contributed by atoms with E-state index in [4.69, 9.17) is 21.1 Å². The van der Waals surface area contributed by atoms with E-state index in [-0.39, 0.29) is 12.2 Å². The van der Waals surface area contributed by atoms with E-state index in [9.17, 15) is 0 Å². The van der Waals surface area contributed by atoms with Crippen LogP contribution in [0.3, 0.4) is 0 Å². The number of para-hydroxylation sites is 1. The number of nitrogens with one attached hydrogen (secondary N) is 1. The third kappa shape index (κ3) is 2.60. The van der Waals surface area contributed by atoms with Crippen molar-refractivity contribution >= 4 is 11.6 Å². The maximum absolute atomic E-state index is 6.10. The zero-order valence-electron chi connectivity index (χ0n) is 11.2. The average Bonchev–Trinajstić information content (AvgIpc) is 2.80. The molecule has 0 bridgehead atoms. The number of rotatable bonds is 4. The first-order valence-corrected chi connectivity index (χ1v) is 6.98. The van der Waals surface area contributed by atoms with Gasteiger partial charge in [-0.1, -0.05) is 29.8 Å². The van der Waals surface area contributed by atoms with Crippen LogP contribution in [-0.2, 0) is 0 Å². The molecule has 20 heavy (non-hydrogen) atoms. The number of halogens is 1. The summed E-state index contributed by atoms with van der Waals surface area (Å²) in [6.45, 7) is 0.729. The second kappa shape index (κ2) is 5.73. The largest absolute Gasteiger partial charge is 0.484 e. The first-order valence-electron chi connectivity index (χ1n) is 6.60. The van der Waals surface area contributed by atoms with Gasteiger partial charge in [-0.25, -0.2) is 0 Å². The second-order valence-corrected chi connectivity index (χ2v) is 5.18. The summed E-state index contributed by atoms with van der Waals surface area (Å²) in [5, 5.41) is 3.84. The highest BCUT2D eigenvalue weighted by Gasteiger charge is 2.35. The van der Waals surface area contributed by atoms with Crippen LogP contribution in [0.25, 0.3) is 0 Å². The molecule has 3 rings (SSSR count). The molecule has 2 unspecified atom stereocenters. The first kappa shape index (κ1) is 13.3. The minimum atomic E-state index is -0.111. The van der Waals surface area contributed by atoms with E-state index in [0.29, 0.717) is 5.02 Å². The van der Waals surface area contributed by atoms with Gasteiger partial charge in [-0.3, -0.25) is 0 Å². The quantitative estimate of drug-likeness (QED) is 0.935. The lowest BCUT2D eigenvalue weighted by atomic mass is 10.1. The molecule has 3 nitrogen and oxygen atoms in total. The van der Waals surface area contributed by atoms with E-state index in [0.717, 1.165) is 23.6 Å². The number of likely N-dealkylation sites (N-methyl/N-ethyl adjacent to an activating group) is 1. The molecule has 2 atom stereocenters. The summed E-state index contributed by atoms with van der Waals surface area (Å²) in [7, 11) is 1.91. The van der Waals surface area contributed by atoms with E-state index < -0.39 is 0 Å². The average molecular weight is 290 g/mol. The van der Waals surface area contributed by atoms with E-state index in [2.05, 4.69) is 5.32 Å². The van der Waals surface area contributed by atoms with Crippen LogP contribution < -0.4 is 14.8 Å². The Morgan fingerprint density at radius 2 is 1.90 bits per heavy atom. The number of hydrogen-bond acceptors (Lipinski definition) is 3. The molecule has 0 spiro atoms. The fraction of sp³-hybridized carbons (Fsp3) is 0.250. The molecule has 0 aromatic heterocycles. The number of fused-ring (bicyclic) bond motifs is 1. The molecule has 1 N–H and O–H groups in total. The van der Waals surface area contributed by atoms with Gasteiger partial charge < -0.3 is 14.8 Å². The van der Waals surface area contributed by atoms with Gasteiger partial charge in [0.2, 0.25) is 0 Å². The van der Waals surface area contributed by atoms with Gasteiger partial charge >= 0.3 is 0 Å². The van der Waals surface area contributed by atoms with E-state index >= 15 is 0 Å². The van der Waals surface area contributed by atoms with Crippen LogP contribution >= 0.6 is 11.6 Å². The zero-order chi connectivity index (χ0) is 13.9. The summed E-state index contributed by atoms with van der Waals surface area (Å²) in [6, 6.07) is 15.4. The highest BCUT2D eigenvalue weighted by molar-refractivity contribution is 6.30. The summed E-state index contributed by atoms with van der Waals surface area (Å²) in [5.41, 5.74) is 1.09. The van der Waals surface area contributed by atoms with Gasteiger partial charge in [-0.2, -0.15) is 0 Å². The highest BCUT2D eigenvalue weighted by atomic mass is 35.5. The van der Waals surface area contributed by atoms with Crippen molar-refractivity contribution in [2.45, 2.75) is 12.2 Å². The number of benzene rings is 2. The second-order valence-electron chi connectivity index (χ2n) is 4.74. The monoisotopic (exact) mass is 289 g/mol. The van der Waals surface area contributed by atoms with Crippen LogP contribution in [0.1, 0.15) is 11.7 Å². The zero-order valence-corrected chi connectivity index (χ0v) is 11.9. The Labute approximate surface area is 123 Å². The smallest absolute Gasteiger partial charge is 0.165 e. The maximum atomic E-state index is 6.10. The summed E-state index contributed by atoms with van der Waals surface area (Å²) in [4.78, 5) is 0. The third-order valence-corrected chi connectivity index (χ3v) is 3.58. The van der Waals surface area contributed by atoms with Gasteiger partial charge in [0.25, 0.3) is 0 Å². The predicted molar refractivity (Wildman–Crippen MR) is 79.6 cm³/mol. The Morgan fingerprint density at radius 3 is 2.65 bits per heavy atom. The Bertz CT molecular complexity index is 585. The van der Waals surface area contributed by atoms with Crippen LogP contribution in [0, 0.1) is 0 Å². The first-order chi connectivity index (χ1) is 9.78. The molecule has 1 aliphatic heterocycles. The molecule has 0 aliphatic carbocycles. The standard InChI is InChI=1S/C16H16ClNO2/c1-18-10-15-16(13-4-2-3-5-14(13)20-15)19-12-8-6-11(17)7-9-12/h2-9,15-16,18H,10H2,1H3. The minimum absolute atomic E-state index is 0.0342. The van der Waals surface area contributed by atoms with Crippen molar-refractivity contribution in [3.05, 3.63) is 59.1 Å². The van der Waals surface area contributed by atoms with Crippen molar-refractivity contribution < 1.29 is 9.47 Å². The Balaban J connectivity index is 1.86. The molecule has 0 amide bonds.